The third-order valence-electron chi connectivity index (χ3n) is 5.89. The second kappa shape index (κ2) is 7.83. The molecular weight excluding hydrogens is 368 g/mol. The first-order chi connectivity index (χ1) is 14.3. The number of amides is 1. The number of carbonyl (C=O) groups is 1. The van der Waals surface area contributed by atoms with Gasteiger partial charge in [0.15, 0.2) is 12.3 Å². The van der Waals surface area contributed by atoms with Gasteiger partial charge < -0.3 is 14.1 Å². The minimum Gasteiger partial charge on any atom is -0.483 e. The molecule has 0 radical (unpaired) electrons. The smallest absolute Gasteiger partial charge is 0.275 e. The molecule has 2 aliphatic rings. The molecule has 29 heavy (non-hydrogen) atoms. The molecule has 150 valence electrons. The van der Waals surface area contributed by atoms with E-state index in [1.807, 2.05) is 29.2 Å². The number of carbonyl (C=O) groups excluding carboxylic acids is 1. The highest BCUT2D eigenvalue weighted by molar-refractivity contribution is 5.92. The molecule has 7 nitrogen and oxygen atoms in total. The Labute approximate surface area is 169 Å². The van der Waals surface area contributed by atoms with E-state index in [1.165, 1.54) is 25.5 Å². The highest BCUT2D eigenvalue weighted by Crippen LogP contribution is 2.25. The summed E-state index contributed by atoms with van der Waals surface area (Å²) in [5, 5.41) is 1.99. The molecule has 5 rings (SSSR count). The highest BCUT2D eigenvalue weighted by Gasteiger charge is 2.32. The Kier molecular flexibility index (Phi) is 4.89. The molecule has 7 heteroatoms. The van der Waals surface area contributed by atoms with Crippen molar-refractivity contribution in [3.05, 3.63) is 54.5 Å². The minimum absolute atomic E-state index is 0.0542. The van der Waals surface area contributed by atoms with E-state index in [9.17, 15) is 4.79 Å². The molecule has 2 fully saturated rings. The quantitative estimate of drug-likeness (QED) is 0.679. The van der Waals surface area contributed by atoms with Crippen LogP contribution in [0, 0.1) is 0 Å². The summed E-state index contributed by atoms with van der Waals surface area (Å²) in [5.41, 5.74) is 0.356. The zero-order valence-electron chi connectivity index (χ0n) is 16.3. The average Bonchev–Trinajstić information content (AvgIpc) is 3.26. The van der Waals surface area contributed by atoms with E-state index in [2.05, 4.69) is 14.9 Å². The van der Waals surface area contributed by atoms with Gasteiger partial charge in [0.2, 0.25) is 5.89 Å². The number of ether oxygens (including phenoxy) is 1. The van der Waals surface area contributed by atoms with Gasteiger partial charge in [0.05, 0.1) is 0 Å². The van der Waals surface area contributed by atoms with Crippen LogP contribution in [-0.4, -0.2) is 57.9 Å². The lowest BCUT2D eigenvalue weighted by Crippen LogP contribution is -2.56. The summed E-state index contributed by atoms with van der Waals surface area (Å²) in [6, 6.07) is 8.22. The van der Waals surface area contributed by atoms with Gasteiger partial charge in [-0.05, 0) is 31.5 Å². The van der Waals surface area contributed by atoms with Crippen LogP contribution >= 0.6 is 0 Å². The monoisotopic (exact) mass is 392 g/mol. The van der Waals surface area contributed by atoms with Crippen LogP contribution in [-0.2, 0) is 6.61 Å². The SMILES string of the molecule is O=C(c1coc(COc2cccc3cnccc23)n1)N1CCN2CCCC[C@H]2C1. The fraction of sp³-hybridized carbons (Fsp3) is 0.409. The Morgan fingerprint density at radius 1 is 1.21 bits per heavy atom. The van der Waals surface area contributed by atoms with Crippen molar-refractivity contribution >= 4 is 16.7 Å². The predicted octanol–water partition coefficient (Wildman–Crippen LogP) is 3.11. The van der Waals surface area contributed by atoms with E-state index in [4.69, 9.17) is 9.15 Å². The molecule has 0 saturated carbocycles. The molecule has 0 aliphatic carbocycles. The van der Waals surface area contributed by atoms with E-state index in [0.717, 1.165) is 42.7 Å². The van der Waals surface area contributed by atoms with Crippen molar-refractivity contribution < 1.29 is 13.9 Å². The first kappa shape index (κ1) is 18.1. The summed E-state index contributed by atoms with van der Waals surface area (Å²) in [5.74, 6) is 1.08. The van der Waals surface area contributed by atoms with E-state index in [1.54, 1.807) is 12.4 Å². The van der Waals surface area contributed by atoms with Gasteiger partial charge in [0.25, 0.3) is 5.91 Å². The average molecular weight is 392 g/mol. The van der Waals surface area contributed by atoms with Crippen molar-refractivity contribution in [1.82, 2.24) is 19.8 Å². The Bertz CT molecular complexity index is 1010. The number of piperazine rings is 1. The Hall–Kier alpha value is -2.93. The summed E-state index contributed by atoms with van der Waals surface area (Å²) in [4.78, 5) is 25.8. The number of hydrogen-bond acceptors (Lipinski definition) is 6. The molecule has 1 atom stereocenters. The summed E-state index contributed by atoms with van der Waals surface area (Å²) >= 11 is 0. The molecular formula is C22H24N4O3. The van der Waals surface area contributed by atoms with Crippen molar-refractivity contribution in [1.29, 1.82) is 0 Å². The van der Waals surface area contributed by atoms with Gasteiger partial charge in [-0.3, -0.25) is 14.7 Å². The van der Waals surface area contributed by atoms with Crippen molar-refractivity contribution in [2.75, 3.05) is 26.2 Å². The maximum Gasteiger partial charge on any atom is 0.275 e. The Balaban J connectivity index is 1.24. The molecule has 0 spiro atoms. The zero-order valence-corrected chi connectivity index (χ0v) is 16.3. The number of pyridine rings is 1. The van der Waals surface area contributed by atoms with Gasteiger partial charge >= 0.3 is 0 Å². The normalized spacial score (nSPS) is 19.9. The largest absolute Gasteiger partial charge is 0.483 e. The maximum absolute atomic E-state index is 12.9. The van der Waals surface area contributed by atoms with Gasteiger partial charge in [0.1, 0.15) is 12.0 Å². The van der Waals surface area contributed by atoms with Crippen molar-refractivity contribution in [3.63, 3.8) is 0 Å². The molecule has 0 bridgehead atoms. The number of benzene rings is 1. The van der Waals surface area contributed by atoms with Crippen molar-refractivity contribution in [2.24, 2.45) is 0 Å². The lowest BCUT2D eigenvalue weighted by Gasteiger charge is -2.43. The van der Waals surface area contributed by atoms with E-state index in [0.29, 0.717) is 17.6 Å². The molecule has 4 heterocycles. The molecule has 2 aliphatic heterocycles. The summed E-state index contributed by atoms with van der Waals surface area (Å²) in [6.07, 6.45) is 8.67. The first-order valence-corrected chi connectivity index (χ1v) is 10.2. The number of nitrogens with zero attached hydrogens (tertiary/aromatic N) is 4. The van der Waals surface area contributed by atoms with Gasteiger partial charge in [-0.1, -0.05) is 18.6 Å². The Morgan fingerprint density at radius 3 is 3.14 bits per heavy atom. The minimum atomic E-state index is -0.0542. The number of fused-ring (bicyclic) bond motifs is 2. The third-order valence-corrected chi connectivity index (χ3v) is 5.89. The Morgan fingerprint density at radius 2 is 2.17 bits per heavy atom. The van der Waals surface area contributed by atoms with Crippen LogP contribution < -0.4 is 4.74 Å². The summed E-state index contributed by atoms with van der Waals surface area (Å²) in [7, 11) is 0. The first-order valence-electron chi connectivity index (χ1n) is 10.2. The zero-order chi connectivity index (χ0) is 19.6. The molecule has 1 amide bonds. The second-order valence-electron chi connectivity index (χ2n) is 7.70. The topological polar surface area (TPSA) is 71.7 Å². The van der Waals surface area contributed by atoms with Gasteiger partial charge in [-0.15, -0.1) is 0 Å². The standard InChI is InChI=1S/C22H24N4O3/c27-22(26-11-10-25-9-2-1-5-17(25)13-26)19-14-29-21(24-19)15-28-20-6-3-4-16-12-23-8-7-18(16)20/h3-4,6-8,12,14,17H,1-2,5,9-11,13,15H2/t17-/m0/s1. The van der Waals surface area contributed by atoms with E-state index in [-0.39, 0.29) is 12.5 Å². The number of piperidine rings is 1. The van der Waals surface area contributed by atoms with Gasteiger partial charge in [-0.25, -0.2) is 4.98 Å². The number of hydrogen-bond donors (Lipinski definition) is 0. The van der Waals surface area contributed by atoms with E-state index >= 15 is 0 Å². The number of rotatable bonds is 4. The fourth-order valence-electron chi connectivity index (χ4n) is 4.34. The third kappa shape index (κ3) is 3.70. The van der Waals surface area contributed by atoms with Crippen LogP contribution in [0.2, 0.25) is 0 Å². The van der Waals surface area contributed by atoms with Gasteiger partial charge in [0, 0.05) is 48.8 Å². The number of aromatic nitrogens is 2. The van der Waals surface area contributed by atoms with Crippen molar-refractivity contribution in [3.8, 4) is 5.75 Å². The molecule has 2 aromatic heterocycles. The predicted molar refractivity (Wildman–Crippen MR) is 108 cm³/mol. The lowest BCUT2D eigenvalue weighted by atomic mass is 9.99. The van der Waals surface area contributed by atoms with Crippen LogP contribution in [0.3, 0.4) is 0 Å². The van der Waals surface area contributed by atoms with E-state index < -0.39 is 0 Å². The molecule has 0 unspecified atom stereocenters. The summed E-state index contributed by atoms with van der Waals surface area (Å²) < 4.78 is 11.4. The van der Waals surface area contributed by atoms with Crippen molar-refractivity contribution in [2.45, 2.75) is 31.9 Å². The van der Waals surface area contributed by atoms with Gasteiger partial charge in [-0.2, -0.15) is 0 Å². The molecule has 1 aromatic carbocycles. The molecule has 3 aromatic rings. The van der Waals surface area contributed by atoms with Crippen LogP contribution in [0.15, 0.2) is 47.3 Å². The second-order valence-corrected chi connectivity index (χ2v) is 7.70. The van der Waals surface area contributed by atoms with Crippen LogP contribution in [0.1, 0.15) is 35.6 Å². The summed E-state index contributed by atoms with van der Waals surface area (Å²) in [6.45, 7) is 3.80. The molecule has 2 saturated heterocycles. The lowest BCUT2D eigenvalue weighted by molar-refractivity contribution is 0.0368. The fourth-order valence-corrected chi connectivity index (χ4v) is 4.34. The number of oxazole rings is 1. The van der Waals surface area contributed by atoms with Crippen LogP contribution in [0.4, 0.5) is 0 Å². The maximum atomic E-state index is 12.9. The van der Waals surface area contributed by atoms with Crippen LogP contribution in [0.25, 0.3) is 10.8 Å². The molecule has 0 N–H and O–H groups in total. The highest BCUT2D eigenvalue weighted by atomic mass is 16.5. The van der Waals surface area contributed by atoms with Crippen LogP contribution in [0.5, 0.6) is 5.75 Å².